The molecule has 136 valence electrons. The van der Waals surface area contributed by atoms with Crippen molar-refractivity contribution in [3.8, 4) is 5.75 Å². The lowest BCUT2D eigenvalue weighted by Crippen LogP contribution is -2.43. The first kappa shape index (κ1) is 17.8. The predicted octanol–water partition coefficient (Wildman–Crippen LogP) is 1.43. The molecule has 0 spiro atoms. The van der Waals surface area contributed by atoms with Crippen molar-refractivity contribution in [2.24, 2.45) is 5.73 Å². The van der Waals surface area contributed by atoms with Gasteiger partial charge < -0.3 is 25.3 Å². The average molecular weight is 358 g/mol. The third kappa shape index (κ3) is 3.63. The van der Waals surface area contributed by atoms with Crippen molar-refractivity contribution in [1.29, 1.82) is 0 Å². The van der Waals surface area contributed by atoms with E-state index in [2.05, 4.69) is 4.98 Å². The number of hydrogen-bond donors (Lipinski definition) is 1. The second-order valence-corrected chi connectivity index (χ2v) is 5.55. The Balaban J connectivity index is 1.94. The number of pyridine rings is 1. The van der Waals surface area contributed by atoms with E-state index >= 15 is 0 Å². The van der Waals surface area contributed by atoms with E-state index in [1.54, 1.807) is 12.1 Å². The van der Waals surface area contributed by atoms with Crippen molar-refractivity contribution >= 4 is 17.5 Å². The Morgan fingerprint density at radius 2 is 2.00 bits per heavy atom. The second kappa shape index (κ2) is 7.89. The molecule has 2 heterocycles. The molecule has 1 aromatic heterocycles. The number of nitrogens with zero attached hydrogens (tertiary/aromatic N) is 3. The van der Waals surface area contributed by atoms with Gasteiger partial charge in [-0.1, -0.05) is 30.3 Å². The monoisotopic (exact) mass is 358 g/mol. The van der Waals surface area contributed by atoms with Crippen molar-refractivity contribution in [3.05, 3.63) is 58.1 Å². The van der Waals surface area contributed by atoms with Crippen molar-refractivity contribution in [2.45, 2.75) is 6.10 Å². The molecule has 1 atom stereocenters. The number of nitrogens with two attached hydrogens (primary N) is 1. The van der Waals surface area contributed by atoms with Crippen LogP contribution in [0.15, 0.2) is 42.5 Å². The van der Waals surface area contributed by atoms with Gasteiger partial charge in [0.1, 0.15) is 0 Å². The largest absolute Gasteiger partial charge is 0.469 e. The molecule has 2 N–H and O–H groups in total. The normalized spacial score (nSPS) is 16.1. The fourth-order valence-corrected chi connectivity index (χ4v) is 2.63. The molecule has 1 aliphatic heterocycles. The Morgan fingerprint density at radius 3 is 2.69 bits per heavy atom. The summed E-state index contributed by atoms with van der Waals surface area (Å²) in [6.07, 6.45) is -0.846. The van der Waals surface area contributed by atoms with Gasteiger partial charge in [-0.15, -0.1) is 0 Å². The molecule has 1 aliphatic rings. The number of hydrogen-bond acceptors (Lipinski definition) is 7. The van der Waals surface area contributed by atoms with Crippen molar-refractivity contribution in [3.63, 3.8) is 0 Å². The summed E-state index contributed by atoms with van der Waals surface area (Å²) in [5.41, 5.74) is 6.08. The molecule has 9 nitrogen and oxygen atoms in total. The Morgan fingerprint density at radius 1 is 1.23 bits per heavy atom. The third-order valence-corrected chi connectivity index (χ3v) is 3.83. The summed E-state index contributed by atoms with van der Waals surface area (Å²) in [7, 11) is 0. The molecular formula is C17H18N4O5. The highest BCUT2D eigenvalue weighted by Crippen LogP contribution is 2.38. The highest BCUT2D eigenvalue weighted by Gasteiger charge is 2.39. The van der Waals surface area contributed by atoms with E-state index in [4.69, 9.17) is 15.2 Å². The van der Waals surface area contributed by atoms with Crippen LogP contribution in [0.5, 0.6) is 5.75 Å². The first-order valence-electron chi connectivity index (χ1n) is 8.08. The molecule has 9 heteroatoms. The Labute approximate surface area is 149 Å². The van der Waals surface area contributed by atoms with E-state index in [9.17, 15) is 14.9 Å². The maximum atomic E-state index is 12.9. The minimum Gasteiger partial charge on any atom is -0.469 e. The maximum absolute atomic E-state index is 12.9. The lowest BCUT2D eigenvalue weighted by Gasteiger charge is -2.31. The van der Waals surface area contributed by atoms with Crippen molar-refractivity contribution in [2.75, 3.05) is 31.2 Å². The van der Waals surface area contributed by atoms with E-state index < -0.39 is 11.0 Å². The van der Waals surface area contributed by atoms with Gasteiger partial charge in [0.05, 0.1) is 19.8 Å². The molecule has 0 aliphatic carbocycles. The summed E-state index contributed by atoms with van der Waals surface area (Å²) in [6.45, 7) is 1.14. The lowest BCUT2D eigenvalue weighted by molar-refractivity contribution is -0.389. The van der Waals surface area contributed by atoms with Crippen LogP contribution in [0.1, 0.15) is 11.7 Å². The molecule has 0 bridgehead atoms. The van der Waals surface area contributed by atoms with Crippen molar-refractivity contribution in [1.82, 2.24) is 4.98 Å². The summed E-state index contributed by atoms with van der Waals surface area (Å²) >= 11 is 0. The van der Waals surface area contributed by atoms with Crippen LogP contribution in [-0.4, -0.2) is 42.1 Å². The van der Waals surface area contributed by atoms with Gasteiger partial charge in [0.25, 0.3) is 11.7 Å². The van der Waals surface area contributed by atoms with Crippen LogP contribution in [0, 0.1) is 10.1 Å². The molecular weight excluding hydrogens is 340 g/mol. The first-order valence-corrected chi connectivity index (χ1v) is 8.08. The zero-order valence-electron chi connectivity index (χ0n) is 13.9. The molecule has 0 radical (unpaired) electrons. The molecule has 0 saturated carbocycles. The zero-order valence-corrected chi connectivity index (χ0v) is 13.9. The standard InChI is InChI=1S/C17H18N4O5/c18-8-10-25-11-9-20-16-13(6-7-14(19-16)21(23)24)26-15(17(20)22)12-4-2-1-3-5-12/h1-7,15H,8-11,18H2. The minimum absolute atomic E-state index is 0.118. The van der Waals surface area contributed by atoms with E-state index in [-0.39, 0.29) is 30.7 Å². The van der Waals surface area contributed by atoms with Gasteiger partial charge in [0, 0.05) is 18.2 Å². The smallest absolute Gasteiger partial charge is 0.366 e. The number of benzene rings is 1. The quantitative estimate of drug-likeness (QED) is 0.451. The van der Waals surface area contributed by atoms with E-state index in [1.165, 1.54) is 17.0 Å². The topological polar surface area (TPSA) is 121 Å². The van der Waals surface area contributed by atoms with Gasteiger partial charge in [-0.05, 0) is 16.0 Å². The summed E-state index contributed by atoms with van der Waals surface area (Å²) in [5, 5.41) is 11.0. The van der Waals surface area contributed by atoms with E-state index in [0.717, 1.165) is 0 Å². The van der Waals surface area contributed by atoms with Gasteiger partial charge in [-0.3, -0.25) is 9.69 Å². The minimum atomic E-state index is -0.846. The number of rotatable bonds is 7. The van der Waals surface area contributed by atoms with Crippen molar-refractivity contribution < 1.29 is 19.2 Å². The fraction of sp³-hybridized carbons (Fsp3) is 0.294. The van der Waals surface area contributed by atoms with Gasteiger partial charge >= 0.3 is 5.82 Å². The Kier molecular flexibility index (Phi) is 5.40. The van der Waals surface area contributed by atoms with Crippen LogP contribution < -0.4 is 15.4 Å². The Hall–Kier alpha value is -3.04. The molecule has 1 aromatic carbocycles. The number of carbonyl (C=O) groups excluding carboxylic acids is 1. The van der Waals surface area contributed by atoms with Crippen LogP contribution in [0.3, 0.4) is 0 Å². The number of carbonyl (C=O) groups is 1. The molecule has 0 saturated heterocycles. The SMILES string of the molecule is NCCOCCN1C(=O)C(c2ccccc2)Oc2ccc([N+](=O)[O-])nc21. The highest BCUT2D eigenvalue weighted by atomic mass is 16.6. The third-order valence-electron chi connectivity index (χ3n) is 3.83. The van der Waals surface area contributed by atoms with Gasteiger partial charge in [-0.2, -0.15) is 0 Å². The van der Waals surface area contributed by atoms with Crippen LogP contribution in [0.2, 0.25) is 0 Å². The Bertz CT molecular complexity index is 799. The second-order valence-electron chi connectivity index (χ2n) is 5.55. The number of ether oxygens (including phenoxy) is 2. The number of fused-ring (bicyclic) bond motifs is 1. The van der Waals surface area contributed by atoms with Crippen LogP contribution in [-0.2, 0) is 9.53 Å². The number of nitro groups is 1. The van der Waals surface area contributed by atoms with E-state index in [1.807, 2.05) is 18.2 Å². The number of anilines is 1. The molecule has 2 aromatic rings. The average Bonchev–Trinajstić information content (AvgIpc) is 2.66. The summed E-state index contributed by atoms with van der Waals surface area (Å²) in [4.78, 5) is 28.7. The van der Waals surface area contributed by atoms with E-state index in [0.29, 0.717) is 24.5 Å². The zero-order chi connectivity index (χ0) is 18.5. The highest BCUT2D eigenvalue weighted by molar-refractivity contribution is 5.99. The van der Waals surface area contributed by atoms with Crippen LogP contribution >= 0.6 is 0 Å². The summed E-state index contributed by atoms with van der Waals surface area (Å²) in [6, 6.07) is 11.7. The maximum Gasteiger partial charge on any atom is 0.366 e. The molecule has 1 amide bonds. The van der Waals surface area contributed by atoms with Gasteiger partial charge in [0.2, 0.25) is 6.10 Å². The fourth-order valence-electron chi connectivity index (χ4n) is 2.63. The molecule has 1 unspecified atom stereocenters. The molecule has 0 fully saturated rings. The summed E-state index contributed by atoms with van der Waals surface area (Å²) in [5.74, 6) is -0.283. The lowest BCUT2D eigenvalue weighted by atomic mass is 10.1. The molecule has 26 heavy (non-hydrogen) atoms. The molecule has 3 rings (SSSR count). The van der Waals surface area contributed by atoms with Crippen LogP contribution in [0.4, 0.5) is 11.6 Å². The van der Waals surface area contributed by atoms with Gasteiger partial charge in [0.15, 0.2) is 5.75 Å². The number of amides is 1. The van der Waals surface area contributed by atoms with Gasteiger partial charge in [-0.25, -0.2) is 0 Å². The predicted molar refractivity (Wildman–Crippen MR) is 92.9 cm³/mol. The first-order chi connectivity index (χ1) is 12.6. The summed E-state index contributed by atoms with van der Waals surface area (Å²) < 4.78 is 11.1. The number of aromatic nitrogens is 1. The van der Waals surface area contributed by atoms with Crippen LogP contribution in [0.25, 0.3) is 0 Å².